The average molecular weight is 470 g/mol. The minimum atomic E-state index is -0.0180. The Morgan fingerprint density at radius 2 is 1.97 bits per heavy atom. The number of hydrogen-bond donors (Lipinski definition) is 2. The van der Waals surface area contributed by atoms with E-state index in [1.807, 2.05) is 45.0 Å². The number of nitrogen functional groups attached to an aromatic ring is 1. The number of nitrogens with one attached hydrogen (secondary N) is 1. The van der Waals surface area contributed by atoms with Crippen molar-refractivity contribution in [1.29, 1.82) is 0 Å². The van der Waals surface area contributed by atoms with Gasteiger partial charge in [0.2, 0.25) is 11.9 Å². The first-order valence-corrected chi connectivity index (χ1v) is 11.7. The third-order valence-electron chi connectivity index (χ3n) is 4.95. The zero-order valence-electron chi connectivity index (χ0n) is 18.2. The molecule has 3 aromatic heterocycles. The maximum atomic E-state index is 13.0. The van der Waals surface area contributed by atoms with E-state index in [4.69, 9.17) is 15.5 Å². The fourth-order valence-electron chi connectivity index (χ4n) is 3.25. The summed E-state index contributed by atoms with van der Waals surface area (Å²) in [7, 11) is 1.60. The van der Waals surface area contributed by atoms with E-state index in [0.717, 1.165) is 21.0 Å². The van der Waals surface area contributed by atoms with Crippen LogP contribution in [0.5, 0.6) is 5.75 Å². The summed E-state index contributed by atoms with van der Waals surface area (Å²) in [6, 6.07) is 7.45. The number of benzene rings is 1. The molecule has 0 saturated carbocycles. The number of hydrogen-bond acceptors (Lipinski definition) is 10. The number of aromatic nitrogens is 5. The lowest BCUT2D eigenvalue weighted by Crippen LogP contribution is -2.22. The Kier molecular flexibility index (Phi) is 6.28. The van der Waals surface area contributed by atoms with Gasteiger partial charge in [0.05, 0.1) is 23.9 Å². The summed E-state index contributed by atoms with van der Waals surface area (Å²) < 4.78 is 7.04. The van der Waals surface area contributed by atoms with Gasteiger partial charge in [-0.05, 0) is 38.5 Å². The van der Waals surface area contributed by atoms with Crippen molar-refractivity contribution in [3.63, 3.8) is 0 Å². The molecule has 166 valence electrons. The van der Waals surface area contributed by atoms with Crippen molar-refractivity contribution >= 4 is 50.9 Å². The van der Waals surface area contributed by atoms with Gasteiger partial charge >= 0.3 is 0 Å². The fraction of sp³-hybridized carbons (Fsp3) is 0.286. The van der Waals surface area contributed by atoms with Crippen molar-refractivity contribution in [2.24, 2.45) is 0 Å². The van der Waals surface area contributed by atoms with Crippen LogP contribution in [0.2, 0.25) is 0 Å². The standard InChI is InChI=1S/C21H23N7O2S2/c1-5-28-18(29)16-11(2)12(3)32-17(16)26-21(28)31-10-15-24-19(22)27-20(25-15)23-13-8-6-7-9-14(13)30-4/h6-9H,5,10H2,1-4H3,(H3,22,23,24,25,27). The van der Waals surface area contributed by atoms with E-state index in [0.29, 0.717) is 40.4 Å². The molecule has 0 saturated heterocycles. The number of rotatable bonds is 7. The second-order valence-electron chi connectivity index (χ2n) is 6.95. The number of fused-ring (bicyclic) bond motifs is 1. The predicted molar refractivity (Wildman–Crippen MR) is 129 cm³/mol. The van der Waals surface area contributed by atoms with Gasteiger partial charge in [-0.25, -0.2) is 4.98 Å². The summed E-state index contributed by atoms with van der Waals surface area (Å²) in [5, 5.41) is 4.45. The SMILES string of the molecule is CCn1c(SCc2nc(N)nc(Nc3ccccc3OC)n2)nc2sc(C)c(C)c2c1=O. The Bertz CT molecular complexity index is 1350. The van der Waals surface area contributed by atoms with Crippen molar-refractivity contribution in [3.8, 4) is 5.75 Å². The van der Waals surface area contributed by atoms with Crippen molar-refractivity contribution in [1.82, 2.24) is 24.5 Å². The van der Waals surface area contributed by atoms with E-state index in [2.05, 4.69) is 20.3 Å². The molecule has 1 aromatic carbocycles. The molecule has 0 amide bonds. The van der Waals surface area contributed by atoms with Crippen LogP contribution in [-0.2, 0) is 12.3 Å². The topological polar surface area (TPSA) is 121 Å². The molecule has 32 heavy (non-hydrogen) atoms. The number of aryl methyl sites for hydroxylation is 2. The highest BCUT2D eigenvalue weighted by molar-refractivity contribution is 7.98. The van der Waals surface area contributed by atoms with Crippen molar-refractivity contribution in [3.05, 3.63) is 50.9 Å². The average Bonchev–Trinajstić information content (AvgIpc) is 3.06. The molecule has 0 aliphatic heterocycles. The van der Waals surface area contributed by atoms with Gasteiger partial charge in [0.15, 0.2) is 5.16 Å². The number of methoxy groups -OCH3 is 1. The van der Waals surface area contributed by atoms with E-state index in [9.17, 15) is 4.79 Å². The van der Waals surface area contributed by atoms with Gasteiger partial charge in [-0.3, -0.25) is 9.36 Å². The van der Waals surface area contributed by atoms with Crippen LogP contribution in [0.1, 0.15) is 23.2 Å². The maximum absolute atomic E-state index is 13.0. The highest BCUT2D eigenvalue weighted by Gasteiger charge is 2.17. The zero-order chi connectivity index (χ0) is 22.8. The van der Waals surface area contributed by atoms with E-state index >= 15 is 0 Å². The Morgan fingerprint density at radius 3 is 2.72 bits per heavy atom. The van der Waals surface area contributed by atoms with Gasteiger partial charge in [-0.2, -0.15) is 15.0 Å². The number of para-hydroxylation sites is 2. The molecule has 0 spiro atoms. The third kappa shape index (κ3) is 4.26. The molecule has 0 atom stereocenters. The summed E-state index contributed by atoms with van der Waals surface area (Å²) >= 11 is 2.93. The van der Waals surface area contributed by atoms with Crippen LogP contribution >= 0.6 is 23.1 Å². The summed E-state index contributed by atoms with van der Waals surface area (Å²) in [5.41, 5.74) is 7.61. The van der Waals surface area contributed by atoms with E-state index < -0.39 is 0 Å². The maximum Gasteiger partial charge on any atom is 0.263 e. The summed E-state index contributed by atoms with van der Waals surface area (Å²) in [6.07, 6.45) is 0. The molecule has 3 N–H and O–H groups in total. The quantitative estimate of drug-likeness (QED) is 0.306. The lowest BCUT2D eigenvalue weighted by atomic mass is 10.2. The molecular formula is C21H23N7O2S2. The number of nitrogens with two attached hydrogens (primary N) is 1. The number of nitrogens with zero attached hydrogens (tertiary/aromatic N) is 5. The normalized spacial score (nSPS) is 11.1. The molecule has 4 aromatic rings. The van der Waals surface area contributed by atoms with Crippen LogP contribution < -0.4 is 21.3 Å². The Hall–Kier alpha value is -3.18. The highest BCUT2D eigenvalue weighted by Crippen LogP contribution is 2.30. The van der Waals surface area contributed by atoms with Crippen LogP contribution in [0.25, 0.3) is 10.2 Å². The van der Waals surface area contributed by atoms with Crippen LogP contribution in [0.15, 0.2) is 34.2 Å². The number of thiophene rings is 1. The van der Waals surface area contributed by atoms with E-state index in [1.165, 1.54) is 23.1 Å². The van der Waals surface area contributed by atoms with Gasteiger partial charge in [0, 0.05) is 11.4 Å². The first-order chi connectivity index (χ1) is 15.4. The molecule has 0 aliphatic carbocycles. The van der Waals surface area contributed by atoms with Crippen LogP contribution in [0, 0.1) is 13.8 Å². The number of anilines is 3. The first kappa shape index (κ1) is 22.0. The Labute approximate surface area is 193 Å². The Morgan fingerprint density at radius 1 is 1.19 bits per heavy atom. The first-order valence-electron chi connectivity index (χ1n) is 9.95. The molecule has 0 bridgehead atoms. The molecule has 0 radical (unpaired) electrons. The molecule has 9 nitrogen and oxygen atoms in total. The van der Waals surface area contributed by atoms with Crippen molar-refractivity contribution in [2.75, 3.05) is 18.2 Å². The molecule has 3 heterocycles. The van der Waals surface area contributed by atoms with Crippen molar-refractivity contribution in [2.45, 2.75) is 38.2 Å². The third-order valence-corrected chi connectivity index (χ3v) is 7.03. The zero-order valence-corrected chi connectivity index (χ0v) is 19.8. The van der Waals surface area contributed by atoms with E-state index in [-0.39, 0.29) is 11.5 Å². The second-order valence-corrected chi connectivity index (χ2v) is 9.10. The molecule has 0 unspecified atom stereocenters. The summed E-state index contributed by atoms with van der Waals surface area (Å²) in [4.78, 5) is 32.5. The van der Waals surface area contributed by atoms with Crippen LogP contribution in [0.4, 0.5) is 17.6 Å². The minimum Gasteiger partial charge on any atom is -0.495 e. The summed E-state index contributed by atoms with van der Waals surface area (Å²) in [5.74, 6) is 1.95. The van der Waals surface area contributed by atoms with Gasteiger partial charge in [-0.15, -0.1) is 11.3 Å². The molecule has 11 heteroatoms. The lowest BCUT2D eigenvalue weighted by Gasteiger charge is -2.11. The molecule has 4 rings (SSSR count). The van der Waals surface area contributed by atoms with Gasteiger partial charge in [-0.1, -0.05) is 23.9 Å². The second kappa shape index (κ2) is 9.13. The van der Waals surface area contributed by atoms with Gasteiger partial charge < -0.3 is 15.8 Å². The van der Waals surface area contributed by atoms with E-state index in [1.54, 1.807) is 11.7 Å². The Balaban J connectivity index is 1.62. The highest BCUT2D eigenvalue weighted by atomic mass is 32.2. The fourth-order valence-corrected chi connectivity index (χ4v) is 5.24. The largest absolute Gasteiger partial charge is 0.495 e. The molecule has 0 fully saturated rings. The monoisotopic (exact) mass is 469 g/mol. The number of ether oxygens (including phenoxy) is 1. The van der Waals surface area contributed by atoms with Crippen LogP contribution in [0.3, 0.4) is 0 Å². The smallest absolute Gasteiger partial charge is 0.263 e. The minimum absolute atomic E-state index is 0.0180. The summed E-state index contributed by atoms with van der Waals surface area (Å²) in [6.45, 7) is 6.43. The molecular weight excluding hydrogens is 446 g/mol. The van der Waals surface area contributed by atoms with Gasteiger partial charge in [0.25, 0.3) is 5.56 Å². The molecule has 0 aliphatic rings. The number of thioether (sulfide) groups is 1. The van der Waals surface area contributed by atoms with Crippen molar-refractivity contribution < 1.29 is 4.74 Å². The van der Waals surface area contributed by atoms with Gasteiger partial charge in [0.1, 0.15) is 16.4 Å². The van der Waals surface area contributed by atoms with Crippen LogP contribution in [-0.4, -0.2) is 31.6 Å². The lowest BCUT2D eigenvalue weighted by molar-refractivity contribution is 0.417. The predicted octanol–water partition coefficient (Wildman–Crippen LogP) is 3.91.